The molecule has 0 spiro atoms. The number of nitriles is 1. The number of nitrogens with zero attached hydrogens (tertiary/aromatic N) is 5. The molecule has 1 aromatic heterocycles. The van der Waals surface area contributed by atoms with Gasteiger partial charge in [-0.1, -0.05) is 54.6 Å². The van der Waals surface area contributed by atoms with Crippen LogP contribution < -0.4 is 5.32 Å². The lowest BCUT2D eigenvalue weighted by molar-refractivity contribution is 1.01. The molecule has 0 bridgehead atoms. The molecule has 30 heavy (non-hydrogen) atoms. The summed E-state index contributed by atoms with van der Waals surface area (Å²) < 4.78 is 0. The Balaban J connectivity index is 1.72. The number of anilines is 1. The molecule has 0 fully saturated rings. The molecule has 6 nitrogen and oxygen atoms in total. The third-order valence-electron chi connectivity index (χ3n) is 4.46. The number of benzene rings is 3. The molecule has 3 aromatic carbocycles. The second-order valence-electron chi connectivity index (χ2n) is 6.49. The lowest BCUT2D eigenvalue weighted by atomic mass is 10.1. The van der Waals surface area contributed by atoms with Gasteiger partial charge in [0, 0.05) is 17.7 Å². The molecule has 1 N–H and O–H groups in total. The highest BCUT2D eigenvalue weighted by atomic mass is 15.2. The first-order chi connectivity index (χ1) is 14.7. The van der Waals surface area contributed by atoms with Crippen molar-refractivity contribution < 1.29 is 0 Å². The second kappa shape index (κ2) is 8.64. The highest BCUT2D eigenvalue weighted by molar-refractivity contribution is 5.65. The summed E-state index contributed by atoms with van der Waals surface area (Å²) in [7, 11) is 0. The van der Waals surface area contributed by atoms with Gasteiger partial charge in [-0.25, -0.2) is 9.83 Å². The maximum atomic E-state index is 9.03. The fourth-order valence-corrected chi connectivity index (χ4v) is 2.87. The zero-order chi connectivity index (χ0) is 20.8. The maximum Gasteiger partial charge on any atom is 0.227 e. The molecule has 4 aromatic rings. The van der Waals surface area contributed by atoms with Crippen molar-refractivity contribution >= 4 is 11.6 Å². The summed E-state index contributed by atoms with van der Waals surface area (Å²) in [5.41, 5.74) is 3.83. The van der Waals surface area contributed by atoms with E-state index in [1.54, 1.807) is 24.3 Å². The van der Waals surface area contributed by atoms with Crippen LogP contribution in [0, 0.1) is 17.9 Å². The maximum absolute atomic E-state index is 9.03. The van der Waals surface area contributed by atoms with Crippen molar-refractivity contribution in [3.8, 4) is 28.8 Å². The van der Waals surface area contributed by atoms with Gasteiger partial charge in [-0.2, -0.15) is 15.2 Å². The van der Waals surface area contributed by atoms with Gasteiger partial charge in [0.1, 0.15) is 0 Å². The molecule has 6 heteroatoms. The van der Waals surface area contributed by atoms with E-state index in [1.807, 2.05) is 54.6 Å². The standard InChI is InChI=1S/C24H16N6/c1-26-21-13-11-20(12-14-21)23-28-22(19-9-7-17(15-25)8-10-19)29-24(30-23)27-16-18-5-3-2-4-6-18/h2-14H,16H2,(H,27,28,29,30). The Labute approximate surface area is 174 Å². The summed E-state index contributed by atoms with van der Waals surface area (Å²) in [4.78, 5) is 17.2. The number of hydrogen-bond donors (Lipinski definition) is 1. The van der Waals surface area contributed by atoms with Crippen LogP contribution in [0.3, 0.4) is 0 Å². The first-order valence-corrected chi connectivity index (χ1v) is 9.27. The van der Waals surface area contributed by atoms with E-state index in [9.17, 15) is 0 Å². The first kappa shape index (κ1) is 18.8. The Hall–Kier alpha value is -4.55. The number of rotatable bonds is 5. The third-order valence-corrected chi connectivity index (χ3v) is 4.46. The van der Waals surface area contributed by atoms with E-state index in [0.29, 0.717) is 35.4 Å². The van der Waals surface area contributed by atoms with Gasteiger partial charge in [-0.05, 0) is 29.8 Å². The molecule has 142 valence electrons. The summed E-state index contributed by atoms with van der Waals surface area (Å²) >= 11 is 0. The predicted molar refractivity (Wildman–Crippen MR) is 115 cm³/mol. The molecule has 0 saturated carbocycles. The summed E-state index contributed by atoms with van der Waals surface area (Å²) in [6, 6.07) is 26.4. The fourth-order valence-electron chi connectivity index (χ4n) is 2.87. The van der Waals surface area contributed by atoms with E-state index in [0.717, 1.165) is 16.7 Å². The van der Waals surface area contributed by atoms with E-state index in [4.69, 9.17) is 11.8 Å². The van der Waals surface area contributed by atoms with E-state index in [2.05, 4.69) is 31.2 Å². The van der Waals surface area contributed by atoms with Crippen LogP contribution in [0.25, 0.3) is 27.6 Å². The van der Waals surface area contributed by atoms with Crippen LogP contribution >= 0.6 is 0 Å². The van der Waals surface area contributed by atoms with Crippen molar-refractivity contribution in [2.75, 3.05) is 5.32 Å². The van der Waals surface area contributed by atoms with Gasteiger partial charge >= 0.3 is 0 Å². The normalized spacial score (nSPS) is 10.1. The Bertz CT molecular complexity index is 1160. The molecule has 0 aliphatic rings. The molecular weight excluding hydrogens is 372 g/mol. The predicted octanol–water partition coefficient (Wildman–Crippen LogP) is 5.24. The molecule has 0 unspecified atom stereocenters. The van der Waals surface area contributed by atoms with Crippen LogP contribution in [0.5, 0.6) is 0 Å². The average Bonchev–Trinajstić information content (AvgIpc) is 2.83. The summed E-state index contributed by atoms with van der Waals surface area (Å²) in [6.45, 7) is 7.70. The fraction of sp³-hybridized carbons (Fsp3) is 0.0417. The van der Waals surface area contributed by atoms with Gasteiger partial charge in [-0.15, -0.1) is 0 Å². The molecule has 1 heterocycles. The quantitative estimate of drug-likeness (QED) is 0.473. The highest BCUT2D eigenvalue weighted by Gasteiger charge is 2.11. The van der Waals surface area contributed by atoms with Crippen molar-refractivity contribution in [2.45, 2.75) is 6.54 Å². The SMILES string of the molecule is [C-]#[N+]c1ccc(-c2nc(NCc3ccccc3)nc(-c3ccc(C#N)cc3)n2)cc1. The number of nitrogens with one attached hydrogen (secondary N) is 1. The molecule has 4 rings (SSSR count). The molecule has 0 aliphatic carbocycles. The second-order valence-corrected chi connectivity index (χ2v) is 6.49. The van der Waals surface area contributed by atoms with Crippen LogP contribution in [-0.2, 0) is 6.54 Å². The Morgan fingerprint density at radius 3 is 1.97 bits per heavy atom. The van der Waals surface area contributed by atoms with Crippen LogP contribution in [0.1, 0.15) is 11.1 Å². The van der Waals surface area contributed by atoms with Gasteiger partial charge in [-0.3, -0.25) is 0 Å². The van der Waals surface area contributed by atoms with E-state index >= 15 is 0 Å². The average molecular weight is 388 g/mol. The lowest BCUT2D eigenvalue weighted by Crippen LogP contribution is -2.07. The summed E-state index contributed by atoms with van der Waals surface area (Å²) in [5, 5.41) is 12.3. The lowest BCUT2D eigenvalue weighted by Gasteiger charge is -2.10. The van der Waals surface area contributed by atoms with Gasteiger partial charge in [0.25, 0.3) is 0 Å². The van der Waals surface area contributed by atoms with E-state index in [1.165, 1.54) is 0 Å². The summed E-state index contributed by atoms with van der Waals surface area (Å²) in [6.07, 6.45) is 0. The van der Waals surface area contributed by atoms with Crippen molar-refractivity contribution in [1.29, 1.82) is 5.26 Å². The van der Waals surface area contributed by atoms with Crippen LogP contribution in [0.15, 0.2) is 78.9 Å². The molecule has 0 amide bonds. The molecule has 0 aliphatic heterocycles. The van der Waals surface area contributed by atoms with Crippen LogP contribution in [0.4, 0.5) is 11.6 Å². The number of aromatic nitrogens is 3. The molecule has 0 atom stereocenters. The van der Waals surface area contributed by atoms with Gasteiger partial charge in [0.05, 0.1) is 18.2 Å². The minimum Gasteiger partial charge on any atom is -0.350 e. The molecule has 0 saturated heterocycles. The minimum atomic E-state index is 0.456. The topological polar surface area (TPSA) is 78.9 Å². The zero-order valence-electron chi connectivity index (χ0n) is 15.9. The van der Waals surface area contributed by atoms with E-state index < -0.39 is 0 Å². The monoisotopic (exact) mass is 388 g/mol. The van der Waals surface area contributed by atoms with Crippen molar-refractivity contribution in [1.82, 2.24) is 15.0 Å². The van der Waals surface area contributed by atoms with Gasteiger partial charge in [0.2, 0.25) is 5.95 Å². The molecular formula is C24H16N6. The van der Waals surface area contributed by atoms with Crippen LogP contribution in [-0.4, -0.2) is 15.0 Å². The highest BCUT2D eigenvalue weighted by Crippen LogP contribution is 2.24. The van der Waals surface area contributed by atoms with E-state index in [-0.39, 0.29) is 0 Å². The zero-order valence-corrected chi connectivity index (χ0v) is 15.9. The van der Waals surface area contributed by atoms with Crippen molar-refractivity contribution in [3.05, 3.63) is 101 Å². The Morgan fingerprint density at radius 1 is 0.800 bits per heavy atom. The van der Waals surface area contributed by atoms with Gasteiger partial charge < -0.3 is 5.32 Å². The third kappa shape index (κ3) is 4.30. The minimum absolute atomic E-state index is 0.456. The largest absolute Gasteiger partial charge is 0.350 e. The molecule has 0 radical (unpaired) electrons. The van der Waals surface area contributed by atoms with Crippen molar-refractivity contribution in [2.24, 2.45) is 0 Å². The van der Waals surface area contributed by atoms with Crippen LogP contribution in [0.2, 0.25) is 0 Å². The summed E-state index contributed by atoms with van der Waals surface area (Å²) in [5.74, 6) is 1.48. The number of hydrogen-bond acceptors (Lipinski definition) is 5. The Morgan fingerprint density at radius 2 is 1.40 bits per heavy atom. The van der Waals surface area contributed by atoms with Gasteiger partial charge in [0.15, 0.2) is 17.3 Å². The smallest absolute Gasteiger partial charge is 0.227 e. The first-order valence-electron chi connectivity index (χ1n) is 9.27. The Kier molecular flexibility index (Phi) is 5.41. The van der Waals surface area contributed by atoms with Crippen molar-refractivity contribution in [3.63, 3.8) is 0 Å².